The first kappa shape index (κ1) is 31.5. The maximum absolute atomic E-state index is 12.3. The molecule has 0 unspecified atom stereocenters. The van der Waals surface area contributed by atoms with Gasteiger partial charge in [0, 0.05) is 13.2 Å². The van der Waals surface area contributed by atoms with Gasteiger partial charge in [0.2, 0.25) is 0 Å². The van der Waals surface area contributed by atoms with Gasteiger partial charge < -0.3 is 19.7 Å². The molecule has 2 aromatic rings. The van der Waals surface area contributed by atoms with Gasteiger partial charge in [-0.15, -0.1) is 0 Å². The van der Waals surface area contributed by atoms with Gasteiger partial charge in [0.25, 0.3) is 0 Å². The molecular formula is C32H46O6. The average molecular weight is 527 g/mol. The number of ether oxygens (including phenoxy) is 2. The molecule has 6 heteroatoms. The Morgan fingerprint density at radius 1 is 0.447 bits per heavy atom. The zero-order valence-corrected chi connectivity index (χ0v) is 22.9. The molecule has 0 amide bonds. The lowest BCUT2D eigenvalue weighted by Gasteiger charge is -2.08. The zero-order chi connectivity index (χ0) is 27.3. The van der Waals surface area contributed by atoms with Crippen molar-refractivity contribution >= 4 is 11.9 Å². The van der Waals surface area contributed by atoms with Gasteiger partial charge in [-0.25, -0.2) is 9.59 Å². The Bertz CT molecular complexity index is 816. The van der Waals surface area contributed by atoms with Crippen LogP contribution in [0.2, 0.25) is 0 Å². The summed E-state index contributed by atoms with van der Waals surface area (Å²) in [6.07, 6.45) is 14.6. The molecule has 0 aliphatic heterocycles. The molecule has 6 nitrogen and oxygen atoms in total. The second-order valence-corrected chi connectivity index (χ2v) is 9.82. The van der Waals surface area contributed by atoms with Crippen molar-refractivity contribution in [2.24, 2.45) is 0 Å². The second kappa shape index (κ2) is 20.3. The number of unbranched alkanes of at least 4 members (excludes halogenated alkanes) is 12. The summed E-state index contributed by atoms with van der Waals surface area (Å²) in [6.45, 7) is 1.41. The predicted molar refractivity (Wildman–Crippen MR) is 151 cm³/mol. The number of benzene rings is 2. The van der Waals surface area contributed by atoms with Crippen molar-refractivity contribution in [3.8, 4) is 11.1 Å². The highest BCUT2D eigenvalue weighted by molar-refractivity contribution is 5.91. The fourth-order valence-electron chi connectivity index (χ4n) is 4.29. The lowest BCUT2D eigenvalue weighted by molar-refractivity contribution is 0.0488. The van der Waals surface area contributed by atoms with Gasteiger partial charge in [-0.05, 0) is 61.1 Å². The van der Waals surface area contributed by atoms with Crippen LogP contribution in [0.3, 0.4) is 0 Å². The van der Waals surface area contributed by atoms with Crippen LogP contribution < -0.4 is 0 Å². The van der Waals surface area contributed by atoms with E-state index < -0.39 is 0 Å². The normalized spacial score (nSPS) is 10.9. The minimum Gasteiger partial charge on any atom is -0.462 e. The Labute approximate surface area is 228 Å². The summed E-state index contributed by atoms with van der Waals surface area (Å²) < 4.78 is 10.8. The standard InChI is InChI=1S/C32H46O6/c33-23-11-7-3-1-5-9-13-25-37-31(35)29-19-15-27(16-20-29)28-17-21-30(22-18-28)32(36)38-26-14-10-6-2-4-8-12-24-34/h15-22,33-34H,1-14,23-26H2. The molecule has 0 aliphatic carbocycles. The van der Waals surface area contributed by atoms with Crippen LogP contribution in [-0.2, 0) is 9.47 Å². The maximum atomic E-state index is 12.3. The molecule has 0 saturated heterocycles. The summed E-state index contributed by atoms with van der Waals surface area (Å²) in [5, 5.41) is 17.6. The second-order valence-electron chi connectivity index (χ2n) is 9.82. The third-order valence-corrected chi connectivity index (χ3v) is 6.65. The van der Waals surface area contributed by atoms with E-state index in [9.17, 15) is 9.59 Å². The molecule has 0 saturated carbocycles. The highest BCUT2D eigenvalue weighted by Crippen LogP contribution is 2.21. The van der Waals surface area contributed by atoms with E-state index in [1.807, 2.05) is 24.3 Å². The van der Waals surface area contributed by atoms with Crippen molar-refractivity contribution in [2.75, 3.05) is 26.4 Å². The summed E-state index contributed by atoms with van der Waals surface area (Å²) in [6, 6.07) is 14.6. The molecule has 0 aromatic heterocycles. The van der Waals surface area contributed by atoms with Gasteiger partial charge >= 0.3 is 11.9 Å². The van der Waals surface area contributed by atoms with Crippen molar-refractivity contribution in [3.63, 3.8) is 0 Å². The van der Waals surface area contributed by atoms with Crippen LogP contribution in [0.15, 0.2) is 48.5 Å². The van der Waals surface area contributed by atoms with Crippen LogP contribution in [0.25, 0.3) is 11.1 Å². The fourth-order valence-corrected chi connectivity index (χ4v) is 4.29. The Morgan fingerprint density at radius 2 is 0.737 bits per heavy atom. The van der Waals surface area contributed by atoms with Gasteiger partial charge in [-0.1, -0.05) is 88.5 Å². The molecule has 38 heavy (non-hydrogen) atoms. The molecule has 2 aromatic carbocycles. The lowest BCUT2D eigenvalue weighted by Crippen LogP contribution is -2.06. The zero-order valence-electron chi connectivity index (χ0n) is 22.9. The highest BCUT2D eigenvalue weighted by atomic mass is 16.5. The van der Waals surface area contributed by atoms with E-state index >= 15 is 0 Å². The number of hydrogen-bond donors (Lipinski definition) is 2. The van der Waals surface area contributed by atoms with E-state index in [2.05, 4.69) is 0 Å². The molecule has 0 radical (unpaired) electrons. The number of esters is 2. The largest absolute Gasteiger partial charge is 0.462 e. The number of rotatable bonds is 21. The van der Waals surface area contributed by atoms with Crippen LogP contribution in [0, 0.1) is 0 Å². The van der Waals surface area contributed by atoms with Crippen molar-refractivity contribution in [1.29, 1.82) is 0 Å². The van der Waals surface area contributed by atoms with Gasteiger partial charge in [0.05, 0.1) is 24.3 Å². The first-order valence-corrected chi connectivity index (χ1v) is 14.4. The van der Waals surface area contributed by atoms with E-state index in [4.69, 9.17) is 19.7 Å². The molecule has 210 valence electrons. The Balaban J connectivity index is 1.65. The van der Waals surface area contributed by atoms with E-state index in [1.54, 1.807) is 24.3 Å². The van der Waals surface area contributed by atoms with Crippen molar-refractivity contribution in [1.82, 2.24) is 0 Å². The number of hydrogen-bond acceptors (Lipinski definition) is 6. The quantitative estimate of drug-likeness (QED) is 0.133. The van der Waals surface area contributed by atoms with Crippen molar-refractivity contribution in [3.05, 3.63) is 59.7 Å². The number of carbonyl (C=O) groups excluding carboxylic acids is 2. The summed E-state index contributed by atoms with van der Waals surface area (Å²) >= 11 is 0. The Hall–Kier alpha value is -2.70. The molecule has 0 heterocycles. The Morgan fingerprint density at radius 3 is 1.05 bits per heavy atom. The van der Waals surface area contributed by atoms with Crippen LogP contribution in [0.4, 0.5) is 0 Å². The summed E-state index contributed by atoms with van der Waals surface area (Å²) in [5.41, 5.74) is 2.98. The fraction of sp³-hybridized carbons (Fsp3) is 0.562. The topological polar surface area (TPSA) is 93.1 Å². The lowest BCUT2D eigenvalue weighted by atomic mass is 10.0. The van der Waals surface area contributed by atoms with Crippen molar-refractivity contribution in [2.45, 2.75) is 89.9 Å². The smallest absolute Gasteiger partial charge is 0.338 e. The van der Waals surface area contributed by atoms with Crippen LogP contribution in [0.1, 0.15) is 111 Å². The van der Waals surface area contributed by atoms with E-state index in [1.165, 1.54) is 0 Å². The first-order valence-electron chi connectivity index (χ1n) is 14.4. The van der Waals surface area contributed by atoms with Crippen LogP contribution in [-0.4, -0.2) is 48.6 Å². The summed E-state index contributed by atoms with van der Waals surface area (Å²) in [7, 11) is 0. The monoisotopic (exact) mass is 526 g/mol. The molecule has 0 atom stereocenters. The summed E-state index contributed by atoms with van der Waals surface area (Å²) in [4.78, 5) is 24.6. The third kappa shape index (κ3) is 13.2. The molecule has 0 fully saturated rings. The third-order valence-electron chi connectivity index (χ3n) is 6.65. The molecule has 0 bridgehead atoms. The van der Waals surface area contributed by atoms with E-state index in [0.717, 1.165) is 101 Å². The minimum atomic E-state index is -0.306. The molecule has 0 spiro atoms. The maximum Gasteiger partial charge on any atom is 0.338 e. The van der Waals surface area contributed by atoms with Gasteiger partial charge in [0.1, 0.15) is 0 Å². The number of aliphatic hydroxyl groups is 2. The van der Waals surface area contributed by atoms with Gasteiger partial charge in [-0.3, -0.25) is 0 Å². The first-order chi connectivity index (χ1) is 18.7. The molecule has 2 rings (SSSR count). The van der Waals surface area contributed by atoms with Crippen LogP contribution in [0.5, 0.6) is 0 Å². The molecule has 2 N–H and O–H groups in total. The van der Waals surface area contributed by atoms with E-state index in [-0.39, 0.29) is 25.2 Å². The molecular weight excluding hydrogens is 480 g/mol. The predicted octanol–water partition coefficient (Wildman–Crippen LogP) is 7.11. The van der Waals surface area contributed by atoms with Gasteiger partial charge in [-0.2, -0.15) is 0 Å². The van der Waals surface area contributed by atoms with Crippen LogP contribution >= 0.6 is 0 Å². The SMILES string of the molecule is O=C(OCCCCCCCCCO)c1ccc(-c2ccc(C(=O)OCCCCCCCCCO)cc2)cc1. The average Bonchev–Trinajstić information content (AvgIpc) is 2.95. The van der Waals surface area contributed by atoms with Crippen molar-refractivity contribution < 1.29 is 29.3 Å². The highest BCUT2D eigenvalue weighted by Gasteiger charge is 2.10. The summed E-state index contributed by atoms with van der Waals surface area (Å²) in [5.74, 6) is -0.612. The van der Waals surface area contributed by atoms with E-state index in [0.29, 0.717) is 24.3 Å². The number of carbonyl (C=O) groups is 2. The Kier molecular flexibility index (Phi) is 16.8. The number of aliphatic hydroxyl groups excluding tert-OH is 2. The molecule has 0 aliphatic rings. The minimum absolute atomic E-state index is 0.273. The van der Waals surface area contributed by atoms with Gasteiger partial charge in [0.15, 0.2) is 0 Å².